The van der Waals surface area contributed by atoms with Gasteiger partial charge in [0, 0.05) is 12.0 Å². The Morgan fingerprint density at radius 2 is 1.54 bits per heavy atom. The molecule has 0 aliphatic heterocycles. The van der Waals surface area contributed by atoms with Gasteiger partial charge >= 0.3 is 5.97 Å². The Morgan fingerprint density at radius 3 is 2.29 bits per heavy atom. The van der Waals surface area contributed by atoms with Gasteiger partial charge in [-0.15, -0.1) is 0 Å². The number of rotatable bonds is 5. The summed E-state index contributed by atoms with van der Waals surface area (Å²) < 4.78 is 0. The van der Waals surface area contributed by atoms with E-state index in [1.165, 1.54) is 0 Å². The maximum Gasteiger partial charge on any atom is 0.326 e. The summed E-state index contributed by atoms with van der Waals surface area (Å²) in [7, 11) is 0. The zero-order valence-electron chi connectivity index (χ0n) is 13.0. The van der Waals surface area contributed by atoms with Gasteiger partial charge < -0.3 is 10.4 Å². The van der Waals surface area contributed by atoms with Gasteiger partial charge in [0.25, 0.3) is 5.91 Å². The molecule has 0 saturated carbocycles. The molecule has 0 heterocycles. The standard InChI is InChI=1S/C20H17NO3/c22-19(15-8-2-1-3-9-15)21-18(20(23)24)13-16-11-6-10-14-7-4-5-12-17(14)16/h1-12,18H,13H2,(H,21,22)(H,23,24). The smallest absolute Gasteiger partial charge is 0.326 e. The lowest BCUT2D eigenvalue weighted by Gasteiger charge is -2.16. The van der Waals surface area contributed by atoms with Crippen LogP contribution in [-0.2, 0) is 11.2 Å². The molecule has 2 N–H and O–H groups in total. The molecule has 0 fully saturated rings. The highest BCUT2D eigenvalue weighted by Gasteiger charge is 2.21. The summed E-state index contributed by atoms with van der Waals surface area (Å²) in [5.41, 5.74) is 1.34. The summed E-state index contributed by atoms with van der Waals surface area (Å²) in [4.78, 5) is 23.8. The van der Waals surface area contributed by atoms with Crippen LogP contribution in [0.5, 0.6) is 0 Å². The molecular weight excluding hydrogens is 302 g/mol. The average Bonchev–Trinajstić information content (AvgIpc) is 2.62. The van der Waals surface area contributed by atoms with Crippen LogP contribution in [0, 0.1) is 0 Å². The largest absolute Gasteiger partial charge is 0.480 e. The molecule has 4 nitrogen and oxygen atoms in total. The molecule has 3 aromatic carbocycles. The Morgan fingerprint density at radius 1 is 0.875 bits per heavy atom. The molecule has 1 unspecified atom stereocenters. The van der Waals surface area contributed by atoms with Gasteiger partial charge in [-0.3, -0.25) is 4.79 Å². The first-order valence-corrected chi connectivity index (χ1v) is 7.70. The molecule has 24 heavy (non-hydrogen) atoms. The lowest BCUT2D eigenvalue weighted by atomic mass is 9.98. The summed E-state index contributed by atoms with van der Waals surface area (Å²) in [5, 5.41) is 14.1. The van der Waals surface area contributed by atoms with E-state index in [2.05, 4.69) is 5.32 Å². The Labute approximate surface area is 139 Å². The number of carbonyl (C=O) groups excluding carboxylic acids is 1. The van der Waals surface area contributed by atoms with E-state index in [-0.39, 0.29) is 12.3 Å². The van der Waals surface area contributed by atoms with E-state index in [4.69, 9.17) is 0 Å². The quantitative estimate of drug-likeness (QED) is 0.758. The number of fused-ring (bicyclic) bond motifs is 1. The molecular formula is C20H17NO3. The predicted octanol–water partition coefficient (Wildman–Crippen LogP) is 3.27. The van der Waals surface area contributed by atoms with E-state index in [1.807, 2.05) is 48.5 Å². The lowest BCUT2D eigenvalue weighted by molar-refractivity contribution is -0.139. The molecule has 1 amide bonds. The molecule has 120 valence electrons. The number of carbonyl (C=O) groups is 2. The van der Waals surface area contributed by atoms with Crippen molar-refractivity contribution < 1.29 is 14.7 Å². The molecule has 0 aromatic heterocycles. The summed E-state index contributed by atoms with van der Waals surface area (Å²) in [6.45, 7) is 0. The van der Waals surface area contributed by atoms with Gasteiger partial charge in [0.15, 0.2) is 0 Å². The van der Waals surface area contributed by atoms with Crippen LogP contribution >= 0.6 is 0 Å². The van der Waals surface area contributed by atoms with Crippen LogP contribution in [0.25, 0.3) is 10.8 Å². The van der Waals surface area contributed by atoms with Crippen molar-refractivity contribution in [3.63, 3.8) is 0 Å². The van der Waals surface area contributed by atoms with E-state index in [0.29, 0.717) is 5.56 Å². The van der Waals surface area contributed by atoms with E-state index in [9.17, 15) is 14.7 Å². The van der Waals surface area contributed by atoms with Crippen LogP contribution < -0.4 is 5.32 Å². The third-order valence-electron chi connectivity index (χ3n) is 3.94. The van der Waals surface area contributed by atoms with Crippen molar-refractivity contribution in [3.8, 4) is 0 Å². The number of amides is 1. The Bertz CT molecular complexity index is 869. The third kappa shape index (κ3) is 3.43. The topological polar surface area (TPSA) is 66.4 Å². The van der Waals surface area contributed by atoms with Crippen molar-refractivity contribution in [2.75, 3.05) is 0 Å². The number of carboxylic acid groups (broad SMARTS) is 1. The number of nitrogens with one attached hydrogen (secondary N) is 1. The SMILES string of the molecule is O=C(NC(Cc1cccc2ccccc12)C(=O)O)c1ccccc1. The van der Waals surface area contributed by atoms with E-state index < -0.39 is 12.0 Å². The maximum absolute atomic E-state index is 12.2. The van der Waals surface area contributed by atoms with Gasteiger partial charge in [0.2, 0.25) is 0 Å². The normalized spacial score (nSPS) is 11.8. The first-order chi connectivity index (χ1) is 11.6. The van der Waals surface area contributed by atoms with Crippen molar-refractivity contribution in [2.24, 2.45) is 0 Å². The summed E-state index contributed by atoms with van der Waals surface area (Å²) in [6.07, 6.45) is 0.231. The van der Waals surface area contributed by atoms with Crippen molar-refractivity contribution >= 4 is 22.6 Å². The zero-order chi connectivity index (χ0) is 16.9. The van der Waals surface area contributed by atoms with Gasteiger partial charge in [-0.05, 0) is 28.5 Å². The average molecular weight is 319 g/mol. The molecule has 0 aliphatic carbocycles. The highest BCUT2D eigenvalue weighted by atomic mass is 16.4. The van der Waals surface area contributed by atoms with Crippen molar-refractivity contribution in [1.29, 1.82) is 0 Å². The Kier molecular flexibility index (Phi) is 4.57. The second kappa shape index (κ2) is 6.96. The minimum Gasteiger partial charge on any atom is -0.480 e. The van der Waals surface area contributed by atoms with Gasteiger partial charge in [0.1, 0.15) is 6.04 Å². The van der Waals surface area contributed by atoms with Crippen LogP contribution in [0.1, 0.15) is 15.9 Å². The van der Waals surface area contributed by atoms with Gasteiger partial charge in [-0.1, -0.05) is 60.7 Å². The summed E-state index contributed by atoms with van der Waals surface area (Å²) in [6, 6.07) is 21.2. The molecule has 4 heteroatoms. The highest BCUT2D eigenvalue weighted by Crippen LogP contribution is 2.20. The minimum atomic E-state index is -1.05. The van der Waals surface area contributed by atoms with Crippen molar-refractivity contribution in [2.45, 2.75) is 12.5 Å². The van der Waals surface area contributed by atoms with Gasteiger partial charge in [0.05, 0.1) is 0 Å². The molecule has 0 bridgehead atoms. The minimum absolute atomic E-state index is 0.231. The molecule has 0 spiro atoms. The van der Waals surface area contributed by atoms with Crippen LogP contribution in [0.4, 0.5) is 0 Å². The maximum atomic E-state index is 12.2. The van der Waals surface area contributed by atoms with Gasteiger partial charge in [-0.2, -0.15) is 0 Å². The Balaban J connectivity index is 1.84. The van der Waals surface area contributed by atoms with Crippen molar-refractivity contribution in [1.82, 2.24) is 5.32 Å². The molecule has 3 aromatic rings. The fraction of sp³-hybridized carbons (Fsp3) is 0.100. The first-order valence-electron chi connectivity index (χ1n) is 7.70. The number of hydrogen-bond acceptors (Lipinski definition) is 2. The van der Waals surface area contributed by atoms with Crippen LogP contribution in [0.2, 0.25) is 0 Å². The van der Waals surface area contributed by atoms with Crippen LogP contribution in [-0.4, -0.2) is 23.0 Å². The first kappa shape index (κ1) is 15.7. The van der Waals surface area contributed by atoms with Crippen LogP contribution in [0.15, 0.2) is 72.8 Å². The molecule has 1 atom stereocenters. The molecule has 0 radical (unpaired) electrons. The Hall–Kier alpha value is -3.14. The summed E-state index contributed by atoms with van der Waals surface area (Å²) >= 11 is 0. The second-order valence-corrected chi connectivity index (χ2v) is 5.57. The van der Waals surface area contributed by atoms with Gasteiger partial charge in [-0.25, -0.2) is 4.79 Å². The van der Waals surface area contributed by atoms with Crippen molar-refractivity contribution in [3.05, 3.63) is 83.9 Å². The fourth-order valence-corrected chi connectivity index (χ4v) is 2.72. The van der Waals surface area contributed by atoms with E-state index in [0.717, 1.165) is 16.3 Å². The monoisotopic (exact) mass is 319 g/mol. The third-order valence-corrected chi connectivity index (χ3v) is 3.94. The number of benzene rings is 3. The molecule has 0 aliphatic rings. The van der Waals surface area contributed by atoms with Crippen LogP contribution in [0.3, 0.4) is 0 Å². The molecule has 0 saturated heterocycles. The fourth-order valence-electron chi connectivity index (χ4n) is 2.72. The highest BCUT2D eigenvalue weighted by molar-refractivity contribution is 5.96. The summed E-state index contributed by atoms with van der Waals surface area (Å²) in [5.74, 6) is -1.43. The lowest BCUT2D eigenvalue weighted by Crippen LogP contribution is -2.42. The second-order valence-electron chi connectivity index (χ2n) is 5.57. The number of carboxylic acids is 1. The zero-order valence-corrected chi connectivity index (χ0v) is 13.0. The van der Waals surface area contributed by atoms with E-state index in [1.54, 1.807) is 24.3 Å². The molecule has 3 rings (SSSR count). The van der Waals surface area contributed by atoms with E-state index >= 15 is 0 Å². The number of hydrogen-bond donors (Lipinski definition) is 2. The number of aliphatic carboxylic acids is 1. The predicted molar refractivity (Wildman–Crippen MR) is 93.0 cm³/mol.